The van der Waals surface area contributed by atoms with Crippen LogP contribution in [0, 0.1) is 5.92 Å². The topological polar surface area (TPSA) is 53.2 Å². The highest BCUT2D eigenvalue weighted by Crippen LogP contribution is 2.29. The van der Waals surface area contributed by atoms with E-state index in [1.165, 1.54) is 32.1 Å². The van der Waals surface area contributed by atoms with Crippen LogP contribution in [0.3, 0.4) is 0 Å². The largest absolute Gasteiger partial charge is 0.382 e. The molecule has 1 aliphatic carbocycles. The monoisotopic (exact) mass is 287 g/mol. The molecular formula is C17H25N3O. The fraction of sp³-hybridized carbons (Fsp3) is 0.588. The van der Waals surface area contributed by atoms with Gasteiger partial charge in [0.1, 0.15) is 0 Å². The molecule has 21 heavy (non-hydrogen) atoms. The summed E-state index contributed by atoms with van der Waals surface area (Å²) >= 11 is 0. The van der Waals surface area contributed by atoms with E-state index in [2.05, 4.69) is 16.0 Å². The summed E-state index contributed by atoms with van der Waals surface area (Å²) in [5.74, 6) is 0.937. The molecule has 0 atom stereocenters. The number of rotatable bonds is 5. The zero-order valence-corrected chi connectivity index (χ0v) is 12.6. The average molecular weight is 287 g/mol. The molecule has 1 aromatic rings. The lowest BCUT2D eigenvalue weighted by Gasteiger charge is -2.22. The molecule has 4 nitrogen and oxygen atoms in total. The number of nitrogens with one attached hydrogen (secondary N) is 3. The molecule has 1 aromatic carbocycles. The van der Waals surface area contributed by atoms with Gasteiger partial charge in [-0.2, -0.15) is 0 Å². The number of carbonyl (C=O) groups is 1. The van der Waals surface area contributed by atoms with Gasteiger partial charge < -0.3 is 16.0 Å². The van der Waals surface area contributed by atoms with Gasteiger partial charge in [0.15, 0.2) is 0 Å². The molecule has 1 aliphatic heterocycles. The summed E-state index contributed by atoms with van der Waals surface area (Å²) in [4.78, 5) is 12.3. The Morgan fingerprint density at radius 3 is 2.86 bits per heavy atom. The Labute approximate surface area is 126 Å². The van der Waals surface area contributed by atoms with Gasteiger partial charge in [-0.05, 0) is 30.9 Å². The summed E-state index contributed by atoms with van der Waals surface area (Å²) in [5.41, 5.74) is 2.72. The van der Waals surface area contributed by atoms with Crippen molar-refractivity contribution >= 4 is 17.3 Å². The first kappa shape index (κ1) is 14.2. The van der Waals surface area contributed by atoms with Gasteiger partial charge in [0.05, 0.1) is 16.9 Å². The standard InChI is InChI=1S/C17H25N3O/c21-17(20-10-4-7-13-5-1-2-6-13)14-8-3-9-15-16(14)19-12-11-18-15/h3,8-9,13,18-19H,1-2,4-7,10-12H2,(H,20,21). The number of benzene rings is 1. The maximum Gasteiger partial charge on any atom is 0.253 e. The molecule has 4 heteroatoms. The number of anilines is 2. The smallest absolute Gasteiger partial charge is 0.253 e. The minimum atomic E-state index is 0.0365. The minimum absolute atomic E-state index is 0.0365. The van der Waals surface area contributed by atoms with Crippen LogP contribution in [0.2, 0.25) is 0 Å². The SMILES string of the molecule is O=C(NCCCC1CCCC1)c1cccc2c1NCCN2. The Balaban J connectivity index is 1.51. The molecule has 0 unspecified atom stereocenters. The van der Waals surface area contributed by atoms with Gasteiger partial charge in [0.25, 0.3) is 5.91 Å². The lowest BCUT2D eigenvalue weighted by Crippen LogP contribution is -2.28. The van der Waals surface area contributed by atoms with Crippen molar-refractivity contribution in [1.29, 1.82) is 0 Å². The van der Waals surface area contributed by atoms with E-state index in [1.807, 2.05) is 18.2 Å². The number of hydrogen-bond donors (Lipinski definition) is 3. The molecule has 0 bridgehead atoms. The molecule has 3 N–H and O–H groups in total. The van der Waals surface area contributed by atoms with Crippen molar-refractivity contribution in [3.05, 3.63) is 23.8 Å². The van der Waals surface area contributed by atoms with Gasteiger partial charge in [-0.15, -0.1) is 0 Å². The van der Waals surface area contributed by atoms with E-state index in [0.717, 1.165) is 48.9 Å². The van der Waals surface area contributed by atoms with Gasteiger partial charge in [-0.3, -0.25) is 4.79 Å². The Bertz CT molecular complexity index is 495. The maximum absolute atomic E-state index is 12.3. The summed E-state index contributed by atoms with van der Waals surface area (Å²) in [6.07, 6.45) is 7.91. The molecular weight excluding hydrogens is 262 g/mol. The van der Waals surface area contributed by atoms with Gasteiger partial charge in [-0.25, -0.2) is 0 Å². The zero-order valence-electron chi connectivity index (χ0n) is 12.6. The van der Waals surface area contributed by atoms with E-state index < -0.39 is 0 Å². The van der Waals surface area contributed by atoms with E-state index in [-0.39, 0.29) is 5.91 Å². The highest BCUT2D eigenvalue weighted by Gasteiger charge is 2.17. The second kappa shape index (κ2) is 6.83. The summed E-state index contributed by atoms with van der Waals surface area (Å²) in [5, 5.41) is 9.71. The van der Waals surface area contributed by atoms with Crippen LogP contribution in [0.15, 0.2) is 18.2 Å². The molecule has 3 rings (SSSR count). The van der Waals surface area contributed by atoms with Crippen molar-refractivity contribution in [1.82, 2.24) is 5.32 Å². The van der Waals surface area contributed by atoms with Gasteiger partial charge in [0, 0.05) is 19.6 Å². The quantitative estimate of drug-likeness (QED) is 0.729. The third-order valence-electron chi connectivity index (χ3n) is 4.60. The maximum atomic E-state index is 12.3. The summed E-state index contributed by atoms with van der Waals surface area (Å²) in [6.45, 7) is 2.55. The Morgan fingerprint density at radius 1 is 1.19 bits per heavy atom. The van der Waals surface area contributed by atoms with Crippen LogP contribution in [0.5, 0.6) is 0 Å². The highest BCUT2D eigenvalue weighted by molar-refractivity contribution is 6.02. The van der Waals surface area contributed by atoms with E-state index in [9.17, 15) is 4.79 Å². The highest BCUT2D eigenvalue weighted by atomic mass is 16.1. The van der Waals surface area contributed by atoms with Crippen molar-refractivity contribution in [2.45, 2.75) is 38.5 Å². The molecule has 114 valence electrons. The molecule has 0 spiro atoms. The van der Waals surface area contributed by atoms with Crippen LogP contribution in [0.1, 0.15) is 48.9 Å². The molecule has 1 heterocycles. The van der Waals surface area contributed by atoms with Gasteiger partial charge in [-0.1, -0.05) is 31.7 Å². The lowest BCUT2D eigenvalue weighted by molar-refractivity contribution is 0.0953. The van der Waals surface area contributed by atoms with E-state index >= 15 is 0 Å². The number of hydrogen-bond acceptors (Lipinski definition) is 3. The first-order valence-electron chi connectivity index (χ1n) is 8.23. The zero-order chi connectivity index (χ0) is 14.5. The molecule has 1 fully saturated rings. The fourth-order valence-electron chi connectivity index (χ4n) is 3.45. The third kappa shape index (κ3) is 3.49. The van der Waals surface area contributed by atoms with E-state index in [4.69, 9.17) is 0 Å². The summed E-state index contributed by atoms with van der Waals surface area (Å²) in [7, 11) is 0. The number of carbonyl (C=O) groups excluding carboxylic acids is 1. The fourth-order valence-corrected chi connectivity index (χ4v) is 3.45. The summed E-state index contributed by atoms with van der Waals surface area (Å²) in [6, 6.07) is 5.84. The van der Waals surface area contributed by atoms with E-state index in [1.54, 1.807) is 0 Å². The van der Waals surface area contributed by atoms with Crippen LogP contribution in [0.4, 0.5) is 11.4 Å². The molecule has 0 aromatic heterocycles. The van der Waals surface area contributed by atoms with Crippen LogP contribution in [-0.4, -0.2) is 25.5 Å². The predicted molar refractivity (Wildman–Crippen MR) is 86.9 cm³/mol. The van der Waals surface area contributed by atoms with Crippen molar-refractivity contribution in [3.8, 4) is 0 Å². The third-order valence-corrected chi connectivity index (χ3v) is 4.60. The molecule has 0 saturated heterocycles. The van der Waals surface area contributed by atoms with Crippen LogP contribution < -0.4 is 16.0 Å². The van der Waals surface area contributed by atoms with Gasteiger partial charge >= 0.3 is 0 Å². The van der Waals surface area contributed by atoms with Crippen LogP contribution in [0.25, 0.3) is 0 Å². The molecule has 1 saturated carbocycles. The van der Waals surface area contributed by atoms with Crippen molar-refractivity contribution in [2.75, 3.05) is 30.3 Å². The predicted octanol–water partition coefficient (Wildman–Crippen LogP) is 3.22. The lowest BCUT2D eigenvalue weighted by atomic mass is 10.0. The number of fused-ring (bicyclic) bond motifs is 1. The average Bonchev–Trinajstić information content (AvgIpc) is 3.04. The van der Waals surface area contributed by atoms with E-state index in [0.29, 0.717) is 0 Å². The minimum Gasteiger partial charge on any atom is -0.382 e. The van der Waals surface area contributed by atoms with Crippen molar-refractivity contribution in [3.63, 3.8) is 0 Å². The van der Waals surface area contributed by atoms with Crippen LogP contribution >= 0.6 is 0 Å². The molecule has 2 aliphatic rings. The van der Waals surface area contributed by atoms with Crippen molar-refractivity contribution < 1.29 is 4.79 Å². The second-order valence-corrected chi connectivity index (χ2v) is 6.13. The summed E-state index contributed by atoms with van der Waals surface area (Å²) < 4.78 is 0. The van der Waals surface area contributed by atoms with Crippen molar-refractivity contribution in [2.24, 2.45) is 5.92 Å². The normalized spacial score (nSPS) is 17.7. The second-order valence-electron chi connectivity index (χ2n) is 6.13. The Kier molecular flexibility index (Phi) is 4.63. The molecule has 0 radical (unpaired) electrons. The molecule has 1 amide bonds. The van der Waals surface area contributed by atoms with Crippen LogP contribution in [-0.2, 0) is 0 Å². The number of amides is 1. The Morgan fingerprint density at radius 2 is 2.00 bits per heavy atom. The number of para-hydroxylation sites is 1. The first-order valence-corrected chi connectivity index (χ1v) is 8.23. The Hall–Kier alpha value is -1.71. The van der Waals surface area contributed by atoms with Gasteiger partial charge in [0.2, 0.25) is 0 Å². The first-order chi connectivity index (χ1) is 10.3.